The number of benzene rings is 2. The number of methoxy groups -OCH3 is 1. The summed E-state index contributed by atoms with van der Waals surface area (Å²) >= 11 is 0. The van der Waals surface area contributed by atoms with Crippen LogP contribution in [0.2, 0.25) is 0 Å². The lowest BCUT2D eigenvalue weighted by Crippen LogP contribution is -2.38. The molecular formula is C18H22FN3O. The summed E-state index contributed by atoms with van der Waals surface area (Å²) in [5.74, 6) is 1.30. The number of hydrogen-bond acceptors (Lipinski definition) is 2. The number of rotatable bonds is 6. The number of guanidine groups is 1. The molecule has 0 amide bonds. The van der Waals surface area contributed by atoms with Crippen molar-refractivity contribution in [1.29, 1.82) is 0 Å². The van der Waals surface area contributed by atoms with E-state index in [0.29, 0.717) is 24.6 Å². The fraction of sp³-hybridized carbons (Fsp3) is 0.278. The molecule has 4 nitrogen and oxygen atoms in total. The van der Waals surface area contributed by atoms with E-state index in [0.717, 1.165) is 17.7 Å². The molecule has 0 radical (unpaired) electrons. The Bertz CT molecular complexity index is 658. The van der Waals surface area contributed by atoms with Crippen LogP contribution in [0, 0.1) is 5.82 Å². The Morgan fingerprint density at radius 1 is 1.04 bits per heavy atom. The van der Waals surface area contributed by atoms with Gasteiger partial charge in [-0.15, -0.1) is 0 Å². The van der Waals surface area contributed by atoms with Crippen molar-refractivity contribution in [2.45, 2.75) is 13.0 Å². The fourth-order valence-electron chi connectivity index (χ4n) is 2.27. The summed E-state index contributed by atoms with van der Waals surface area (Å²) < 4.78 is 18.9. The second kappa shape index (κ2) is 8.78. The number of para-hydroxylation sites is 1. The van der Waals surface area contributed by atoms with Crippen LogP contribution in [0.5, 0.6) is 5.75 Å². The van der Waals surface area contributed by atoms with Gasteiger partial charge in [-0.1, -0.05) is 36.4 Å². The molecule has 0 spiro atoms. The lowest BCUT2D eigenvalue weighted by molar-refractivity contribution is 0.409. The van der Waals surface area contributed by atoms with Crippen LogP contribution in [0.1, 0.15) is 11.1 Å². The van der Waals surface area contributed by atoms with E-state index in [1.807, 2.05) is 30.3 Å². The molecule has 0 aliphatic carbocycles. The Morgan fingerprint density at radius 3 is 2.43 bits per heavy atom. The summed E-state index contributed by atoms with van der Waals surface area (Å²) in [7, 11) is 3.36. The molecule has 0 unspecified atom stereocenters. The van der Waals surface area contributed by atoms with Crippen LogP contribution in [0.3, 0.4) is 0 Å². The average Bonchev–Trinajstić information content (AvgIpc) is 2.59. The van der Waals surface area contributed by atoms with Crippen molar-refractivity contribution in [2.75, 3.05) is 20.7 Å². The van der Waals surface area contributed by atoms with Crippen LogP contribution in [-0.4, -0.2) is 26.7 Å². The molecule has 0 heterocycles. The number of ether oxygens (including phenoxy) is 1. The topological polar surface area (TPSA) is 45.7 Å². The summed E-state index contributed by atoms with van der Waals surface area (Å²) in [6.07, 6.45) is 0.810. The van der Waals surface area contributed by atoms with Gasteiger partial charge in [0.15, 0.2) is 5.96 Å². The van der Waals surface area contributed by atoms with Gasteiger partial charge >= 0.3 is 0 Å². The third-order valence-corrected chi connectivity index (χ3v) is 3.51. The molecule has 122 valence electrons. The zero-order valence-corrected chi connectivity index (χ0v) is 13.5. The van der Waals surface area contributed by atoms with E-state index in [2.05, 4.69) is 15.6 Å². The van der Waals surface area contributed by atoms with Gasteiger partial charge in [0.2, 0.25) is 0 Å². The van der Waals surface area contributed by atoms with Crippen LogP contribution >= 0.6 is 0 Å². The maximum absolute atomic E-state index is 13.6. The Hall–Kier alpha value is -2.56. The first-order valence-electron chi connectivity index (χ1n) is 7.54. The molecule has 5 heteroatoms. The highest BCUT2D eigenvalue weighted by atomic mass is 19.1. The first-order valence-corrected chi connectivity index (χ1v) is 7.54. The molecule has 2 aromatic carbocycles. The zero-order valence-electron chi connectivity index (χ0n) is 13.5. The molecule has 2 aromatic rings. The molecule has 0 bridgehead atoms. The normalized spacial score (nSPS) is 11.2. The van der Waals surface area contributed by atoms with Crippen molar-refractivity contribution in [1.82, 2.24) is 10.6 Å². The van der Waals surface area contributed by atoms with Crippen LogP contribution < -0.4 is 15.4 Å². The second-order valence-corrected chi connectivity index (χ2v) is 5.01. The van der Waals surface area contributed by atoms with E-state index in [1.54, 1.807) is 26.3 Å². The zero-order chi connectivity index (χ0) is 16.5. The third-order valence-electron chi connectivity index (χ3n) is 3.51. The first-order chi connectivity index (χ1) is 11.2. The van der Waals surface area contributed by atoms with Crippen LogP contribution in [0.15, 0.2) is 53.5 Å². The quantitative estimate of drug-likeness (QED) is 0.636. The summed E-state index contributed by atoms with van der Waals surface area (Å²) in [5, 5.41) is 6.33. The molecule has 2 rings (SSSR count). The Kier molecular flexibility index (Phi) is 6.41. The van der Waals surface area contributed by atoms with Gasteiger partial charge in [-0.2, -0.15) is 0 Å². The van der Waals surface area contributed by atoms with Crippen LogP contribution in [0.25, 0.3) is 0 Å². The van der Waals surface area contributed by atoms with Gasteiger partial charge in [0.25, 0.3) is 0 Å². The number of aliphatic imine (C=N–C) groups is 1. The lowest BCUT2D eigenvalue weighted by Gasteiger charge is -2.13. The molecule has 0 fully saturated rings. The maximum atomic E-state index is 13.6. The van der Waals surface area contributed by atoms with Gasteiger partial charge in [-0.3, -0.25) is 4.99 Å². The van der Waals surface area contributed by atoms with E-state index in [4.69, 9.17) is 4.74 Å². The van der Waals surface area contributed by atoms with Crippen molar-refractivity contribution >= 4 is 5.96 Å². The van der Waals surface area contributed by atoms with Gasteiger partial charge in [0.1, 0.15) is 11.6 Å². The van der Waals surface area contributed by atoms with E-state index < -0.39 is 0 Å². The van der Waals surface area contributed by atoms with Gasteiger partial charge in [-0.05, 0) is 24.1 Å². The highest BCUT2D eigenvalue weighted by molar-refractivity contribution is 5.79. The minimum Gasteiger partial charge on any atom is -0.496 e. The number of halogens is 1. The van der Waals surface area contributed by atoms with Crippen LogP contribution in [0.4, 0.5) is 4.39 Å². The largest absolute Gasteiger partial charge is 0.496 e. The first kappa shape index (κ1) is 16.8. The SMILES string of the molecule is CN=C(NCCc1ccccc1OC)NCc1ccccc1F. The minimum absolute atomic E-state index is 0.218. The molecule has 2 N–H and O–H groups in total. The molecule has 0 aromatic heterocycles. The predicted molar refractivity (Wildman–Crippen MR) is 91.3 cm³/mol. The van der Waals surface area contributed by atoms with Crippen molar-refractivity contribution in [3.63, 3.8) is 0 Å². The average molecular weight is 315 g/mol. The summed E-state index contributed by atoms with van der Waals surface area (Å²) in [4.78, 5) is 4.15. The molecule has 0 saturated carbocycles. The van der Waals surface area contributed by atoms with Gasteiger partial charge in [0.05, 0.1) is 7.11 Å². The highest BCUT2D eigenvalue weighted by Gasteiger charge is 2.04. The maximum Gasteiger partial charge on any atom is 0.191 e. The molecule has 23 heavy (non-hydrogen) atoms. The summed E-state index contributed by atoms with van der Waals surface area (Å²) in [6.45, 7) is 1.10. The fourth-order valence-corrected chi connectivity index (χ4v) is 2.27. The van der Waals surface area contributed by atoms with E-state index >= 15 is 0 Å². The Balaban J connectivity index is 1.83. The third kappa shape index (κ3) is 4.98. The summed E-state index contributed by atoms with van der Waals surface area (Å²) in [6, 6.07) is 14.6. The van der Waals surface area contributed by atoms with Crippen molar-refractivity contribution in [3.05, 3.63) is 65.5 Å². The van der Waals surface area contributed by atoms with E-state index in [9.17, 15) is 4.39 Å². The monoisotopic (exact) mass is 315 g/mol. The van der Waals surface area contributed by atoms with Crippen molar-refractivity contribution in [2.24, 2.45) is 4.99 Å². The minimum atomic E-state index is -0.218. The van der Waals surface area contributed by atoms with Crippen LogP contribution in [-0.2, 0) is 13.0 Å². The van der Waals surface area contributed by atoms with Gasteiger partial charge in [-0.25, -0.2) is 4.39 Å². The number of nitrogens with one attached hydrogen (secondary N) is 2. The molecule has 0 saturated heterocycles. The summed E-state index contributed by atoms with van der Waals surface area (Å²) in [5.41, 5.74) is 1.74. The van der Waals surface area contributed by atoms with Gasteiger partial charge in [0, 0.05) is 25.7 Å². The number of hydrogen-bond donors (Lipinski definition) is 2. The van der Waals surface area contributed by atoms with E-state index in [1.165, 1.54) is 6.07 Å². The number of nitrogens with zero attached hydrogens (tertiary/aromatic N) is 1. The van der Waals surface area contributed by atoms with Gasteiger partial charge < -0.3 is 15.4 Å². The predicted octanol–water partition coefficient (Wildman–Crippen LogP) is 2.74. The molecular weight excluding hydrogens is 293 g/mol. The molecule has 0 atom stereocenters. The van der Waals surface area contributed by atoms with Crippen molar-refractivity contribution < 1.29 is 9.13 Å². The molecule has 0 aliphatic heterocycles. The van der Waals surface area contributed by atoms with Crippen molar-refractivity contribution in [3.8, 4) is 5.75 Å². The molecule has 0 aliphatic rings. The standard InChI is InChI=1S/C18H22FN3O/c1-20-18(22-13-15-8-3-5-9-16(15)19)21-12-11-14-7-4-6-10-17(14)23-2/h3-10H,11-13H2,1-2H3,(H2,20,21,22). The second-order valence-electron chi connectivity index (χ2n) is 5.01. The Labute approximate surface area is 136 Å². The Morgan fingerprint density at radius 2 is 1.74 bits per heavy atom. The van der Waals surface area contributed by atoms with E-state index in [-0.39, 0.29) is 5.82 Å². The lowest BCUT2D eigenvalue weighted by atomic mass is 10.1. The smallest absolute Gasteiger partial charge is 0.191 e. The highest BCUT2D eigenvalue weighted by Crippen LogP contribution is 2.17.